The first kappa shape index (κ1) is 22.8. The number of nitrogens with one attached hydrogen (secondary N) is 2. The maximum absolute atomic E-state index is 12.7. The highest BCUT2D eigenvalue weighted by molar-refractivity contribution is 6.46. The van der Waals surface area contributed by atoms with E-state index in [-0.39, 0.29) is 18.4 Å². The van der Waals surface area contributed by atoms with Crippen molar-refractivity contribution in [2.24, 2.45) is 4.99 Å². The molecule has 2 aromatic carbocycles. The molecular weight excluding hydrogens is 420 g/mol. The van der Waals surface area contributed by atoms with E-state index < -0.39 is 5.66 Å². The third-order valence-corrected chi connectivity index (χ3v) is 6.39. The molecule has 2 aliphatic rings. The Bertz CT molecular complexity index is 1100. The number of ether oxygens (including phenoxy) is 2. The molecule has 0 radical (unpaired) electrons. The average molecular weight is 451 g/mol. The average Bonchev–Trinajstić information content (AvgIpc) is 3.13. The molecule has 2 N–H and O–H groups in total. The summed E-state index contributed by atoms with van der Waals surface area (Å²) in [6.07, 6.45) is 1.33. The second-order valence-corrected chi connectivity index (χ2v) is 8.64. The first-order valence-corrected chi connectivity index (χ1v) is 11.1. The van der Waals surface area contributed by atoms with Crippen LogP contribution in [0.15, 0.2) is 41.4 Å². The fraction of sp³-hybridized carbons (Fsp3) is 0.400. The number of methoxy groups -OCH3 is 2. The molecule has 2 heterocycles. The van der Waals surface area contributed by atoms with E-state index in [2.05, 4.69) is 15.5 Å². The van der Waals surface area contributed by atoms with Gasteiger partial charge in [-0.05, 0) is 43.2 Å². The SMILES string of the molecule is COc1ccc(NC(=O)CN2CCC3(CC2)N=C(c2ccc(C)c(C)c2)C(=O)N3)cc1OC. The molecule has 0 unspecified atom stereocenters. The van der Waals surface area contributed by atoms with Gasteiger partial charge in [-0.15, -0.1) is 0 Å². The summed E-state index contributed by atoms with van der Waals surface area (Å²) >= 11 is 0. The fourth-order valence-electron chi connectivity index (χ4n) is 4.28. The van der Waals surface area contributed by atoms with E-state index in [1.807, 2.05) is 32.0 Å². The lowest BCUT2D eigenvalue weighted by molar-refractivity contribution is -0.119. The first-order valence-electron chi connectivity index (χ1n) is 11.1. The number of piperidine rings is 1. The van der Waals surface area contributed by atoms with Gasteiger partial charge in [-0.3, -0.25) is 19.5 Å². The van der Waals surface area contributed by atoms with Crippen LogP contribution in [0.3, 0.4) is 0 Å². The quantitative estimate of drug-likeness (QED) is 0.706. The van der Waals surface area contributed by atoms with Crippen molar-refractivity contribution in [1.82, 2.24) is 10.2 Å². The Hall–Kier alpha value is -3.39. The largest absolute Gasteiger partial charge is 0.493 e. The van der Waals surface area contributed by atoms with Crippen molar-refractivity contribution in [2.45, 2.75) is 32.4 Å². The number of carbonyl (C=O) groups excluding carboxylic acids is 2. The molecule has 0 aromatic heterocycles. The number of rotatable bonds is 6. The van der Waals surface area contributed by atoms with E-state index in [1.165, 1.54) is 5.56 Å². The van der Waals surface area contributed by atoms with Gasteiger partial charge in [0, 0.05) is 43.2 Å². The Morgan fingerprint density at radius 1 is 1.06 bits per heavy atom. The van der Waals surface area contributed by atoms with Gasteiger partial charge < -0.3 is 20.1 Å². The summed E-state index contributed by atoms with van der Waals surface area (Å²) < 4.78 is 10.5. The number of carbonyl (C=O) groups is 2. The van der Waals surface area contributed by atoms with Gasteiger partial charge in [0.25, 0.3) is 5.91 Å². The highest BCUT2D eigenvalue weighted by Crippen LogP contribution is 2.31. The second kappa shape index (κ2) is 9.23. The van der Waals surface area contributed by atoms with Crippen LogP contribution in [0.2, 0.25) is 0 Å². The van der Waals surface area contributed by atoms with Gasteiger partial charge in [-0.25, -0.2) is 0 Å². The van der Waals surface area contributed by atoms with Crippen LogP contribution in [0.4, 0.5) is 5.69 Å². The molecule has 33 heavy (non-hydrogen) atoms. The standard InChI is InChI=1S/C25H30N4O4/c1-16-5-6-18(13-17(16)2)23-24(31)28-25(27-23)9-11-29(12-10-25)15-22(30)26-19-7-8-20(32-3)21(14-19)33-4/h5-8,13-14H,9-12,15H2,1-4H3,(H,26,30)(H,28,31). The van der Waals surface area contributed by atoms with E-state index in [0.29, 0.717) is 48.8 Å². The predicted molar refractivity (Wildman–Crippen MR) is 127 cm³/mol. The lowest BCUT2D eigenvalue weighted by Gasteiger charge is -2.36. The second-order valence-electron chi connectivity index (χ2n) is 8.64. The lowest BCUT2D eigenvalue weighted by Crippen LogP contribution is -2.52. The molecule has 1 saturated heterocycles. The summed E-state index contributed by atoms with van der Waals surface area (Å²) in [5, 5.41) is 6.00. The highest BCUT2D eigenvalue weighted by atomic mass is 16.5. The van der Waals surface area contributed by atoms with E-state index in [1.54, 1.807) is 32.4 Å². The van der Waals surface area contributed by atoms with Crippen molar-refractivity contribution in [1.29, 1.82) is 0 Å². The molecule has 8 nitrogen and oxygen atoms in total. The number of likely N-dealkylation sites (tertiary alicyclic amines) is 1. The molecule has 0 aliphatic carbocycles. The summed E-state index contributed by atoms with van der Waals surface area (Å²) in [7, 11) is 3.13. The molecule has 1 spiro atoms. The lowest BCUT2D eigenvalue weighted by atomic mass is 9.98. The van der Waals surface area contributed by atoms with Gasteiger partial charge in [0.1, 0.15) is 11.4 Å². The maximum atomic E-state index is 12.7. The minimum Gasteiger partial charge on any atom is -0.493 e. The molecule has 2 aromatic rings. The molecule has 4 rings (SSSR count). The van der Waals surface area contributed by atoms with E-state index in [9.17, 15) is 9.59 Å². The number of hydrogen-bond donors (Lipinski definition) is 2. The monoisotopic (exact) mass is 450 g/mol. The number of nitrogens with zero attached hydrogens (tertiary/aromatic N) is 2. The molecule has 0 atom stereocenters. The van der Waals surface area contributed by atoms with Crippen molar-refractivity contribution < 1.29 is 19.1 Å². The van der Waals surface area contributed by atoms with E-state index in [0.717, 1.165) is 11.1 Å². The van der Waals surface area contributed by atoms with Gasteiger partial charge in [0.15, 0.2) is 11.5 Å². The van der Waals surface area contributed by atoms with E-state index in [4.69, 9.17) is 14.5 Å². The zero-order valence-electron chi connectivity index (χ0n) is 19.5. The van der Waals surface area contributed by atoms with Crippen LogP contribution < -0.4 is 20.1 Å². The molecular formula is C25H30N4O4. The number of aryl methyl sites for hydroxylation is 2. The van der Waals surface area contributed by atoms with Crippen LogP contribution in [-0.2, 0) is 9.59 Å². The highest BCUT2D eigenvalue weighted by Gasteiger charge is 2.42. The molecule has 2 aliphatic heterocycles. The van der Waals surface area contributed by atoms with E-state index >= 15 is 0 Å². The van der Waals surface area contributed by atoms with Crippen LogP contribution in [0, 0.1) is 13.8 Å². The van der Waals surface area contributed by atoms with Crippen LogP contribution >= 0.6 is 0 Å². The number of anilines is 1. The van der Waals surface area contributed by atoms with Crippen molar-refractivity contribution in [2.75, 3.05) is 39.2 Å². The van der Waals surface area contributed by atoms with Crippen molar-refractivity contribution in [3.8, 4) is 11.5 Å². The van der Waals surface area contributed by atoms with Crippen molar-refractivity contribution in [3.05, 3.63) is 53.1 Å². The molecule has 1 fully saturated rings. The summed E-state index contributed by atoms with van der Waals surface area (Å²) in [4.78, 5) is 32.1. The third-order valence-electron chi connectivity index (χ3n) is 6.39. The predicted octanol–water partition coefficient (Wildman–Crippen LogP) is 2.67. The van der Waals surface area contributed by atoms with Crippen LogP contribution in [0.5, 0.6) is 11.5 Å². The fourth-order valence-corrected chi connectivity index (χ4v) is 4.28. The van der Waals surface area contributed by atoms with Gasteiger partial charge in [-0.2, -0.15) is 0 Å². The zero-order valence-corrected chi connectivity index (χ0v) is 19.5. The Morgan fingerprint density at radius 3 is 2.45 bits per heavy atom. The Balaban J connectivity index is 1.36. The maximum Gasteiger partial charge on any atom is 0.272 e. The van der Waals surface area contributed by atoms with Crippen LogP contribution in [0.1, 0.15) is 29.5 Å². The normalized spacial score (nSPS) is 17.5. The summed E-state index contributed by atoms with van der Waals surface area (Å²) in [5.74, 6) is 0.937. The van der Waals surface area contributed by atoms with Gasteiger partial charge >= 0.3 is 0 Å². The molecule has 8 heteroatoms. The van der Waals surface area contributed by atoms with Gasteiger partial charge in [0.05, 0.1) is 20.8 Å². The van der Waals surface area contributed by atoms with Gasteiger partial charge in [-0.1, -0.05) is 12.1 Å². The van der Waals surface area contributed by atoms with Crippen LogP contribution in [0.25, 0.3) is 0 Å². The molecule has 0 bridgehead atoms. The summed E-state index contributed by atoms with van der Waals surface area (Å²) in [5.41, 5.74) is 3.74. The number of amides is 2. The zero-order chi connectivity index (χ0) is 23.6. The van der Waals surface area contributed by atoms with Crippen molar-refractivity contribution in [3.63, 3.8) is 0 Å². The summed E-state index contributed by atoms with van der Waals surface area (Å²) in [6, 6.07) is 11.3. The Kier molecular flexibility index (Phi) is 6.37. The molecule has 2 amide bonds. The van der Waals surface area contributed by atoms with Crippen molar-refractivity contribution >= 4 is 23.2 Å². The topological polar surface area (TPSA) is 92.3 Å². The minimum absolute atomic E-state index is 0.104. The molecule has 174 valence electrons. The summed E-state index contributed by atoms with van der Waals surface area (Å²) in [6.45, 7) is 5.69. The smallest absolute Gasteiger partial charge is 0.272 e. The Labute approximate surface area is 194 Å². The Morgan fingerprint density at radius 2 is 1.79 bits per heavy atom. The van der Waals surface area contributed by atoms with Crippen LogP contribution in [-0.4, -0.2) is 61.9 Å². The first-order chi connectivity index (χ1) is 15.8. The van der Waals surface area contributed by atoms with Gasteiger partial charge in [0.2, 0.25) is 5.91 Å². The minimum atomic E-state index is -0.582. The number of hydrogen-bond acceptors (Lipinski definition) is 6. The molecule has 0 saturated carbocycles. The third kappa shape index (κ3) is 4.85. The number of benzene rings is 2. The number of aliphatic imine (C=N–C) groups is 1.